The van der Waals surface area contributed by atoms with Crippen LogP contribution in [-0.2, 0) is 30.6 Å². The van der Waals surface area contributed by atoms with Crippen molar-refractivity contribution in [1.82, 2.24) is 5.32 Å². The molecule has 1 atom stereocenters. The molecule has 0 aromatic heterocycles. The van der Waals surface area contributed by atoms with Crippen LogP contribution in [0.1, 0.15) is 31.2 Å². The first-order valence-electron chi connectivity index (χ1n) is 8.86. The minimum atomic E-state index is -3.26. The van der Waals surface area contributed by atoms with Crippen LogP contribution in [0.2, 0.25) is 0 Å². The molecule has 1 N–H and O–H groups in total. The smallest absolute Gasteiger partial charge is 0.227 e. The molecule has 26 heavy (non-hydrogen) atoms. The number of nitrogens with one attached hydrogen (secondary N) is 1. The summed E-state index contributed by atoms with van der Waals surface area (Å²) in [6.07, 6.45) is 4.12. The zero-order valence-electron chi connectivity index (χ0n) is 14.9. The van der Waals surface area contributed by atoms with Crippen molar-refractivity contribution in [2.24, 2.45) is 0 Å². The molecule has 1 unspecified atom stereocenters. The molecule has 0 radical (unpaired) electrons. The van der Waals surface area contributed by atoms with Crippen LogP contribution < -0.4 is 10.2 Å². The van der Waals surface area contributed by atoms with Crippen molar-refractivity contribution in [2.75, 3.05) is 30.9 Å². The summed E-state index contributed by atoms with van der Waals surface area (Å²) in [5.41, 5.74) is 1.59. The lowest BCUT2D eigenvalue weighted by Gasteiger charge is -2.17. The zero-order valence-corrected chi connectivity index (χ0v) is 15.7. The molecule has 0 spiro atoms. The Hall–Kier alpha value is -1.93. The number of nitrogens with zero attached hydrogens (tertiary/aromatic N) is 1. The molecule has 0 bridgehead atoms. The number of sulfone groups is 1. The summed E-state index contributed by atoms with van der Waals surface area (Å²) in [7, 11) is -3.26. The summed E-state index contributed by atoms with van der Waals surface area (Å²) in [5, 5.41) is 2.81. The molecule has 1 aromatic carbocycles. The van der Waals surface area contributed by atoms with Crippen LogP contribution in [0.15, 0.2) is 23.1 Å². The SMILES string of the molecule is CS(=O)(=O)c1ccc2c(c1)CCN2C(=O)CCC(=O)NCC1CCCO1. The molecule has 1 saturated heterocycles. The maximum atomic E-state index is 12.5. The van der Waals surface area contributed by atoms with E-state index in [0.717, 1.165) is 30.7 Å². The zero-order chi connectivity index (χ0) is 18.7. The molecule has 142 valence electrons. The maximum absolute atomic E-state index is 12.5. The highest BCUT2D eigenvalue weighted by molar-refractivity contribution is 7.90. The highest BCUT2D eigenvalue weighted by atomic mass is 32.2. The summed E-state index contributed by atoms with van der Waals surface area (Å²) in [6.45, 7) is 1.75. The predicted octanol–water partition coefficient (Wildman–Crippen LogP) is 1.05. The third kappa shape index (κ3) is 4.42. The molecular formula is C18H24N2O5S. The van der Waals surface area contributed by atoms with Gasteiger partial charge in [0.05, 0.1) is 11.0 Å². The minimum Gasteiger partial charge on any atom is -0.376 e. The van der Waals surface area contributed by atoms with Gasteiger partial charge in [-0.25, -0.2) is 8.42 Å². The number of ether oxygens (including phenoxy) is 1. The van der Waals surface area contributed by atoms with E-state index in [-0.39, 0.29) is 35.7 Å². The third-order valence-electron chi connectivity index (χ3n) is 4.79. The Labute approximate surface area is 153 Å². The lowest BCUT2D eigenvalue weighted by Crippen LogP contribution is -2.34. The molecule has 1 aromatic rings. The van der Waals surface area contributed by atoms with Gasteiger partial charge in [-0.1, -0.05) is 0 Å². The van der Waals surface area contributed by atoms with Crippen LogP contribution >= 0.6 is 0 Å². The van der Waals surface area contributed by atoms with Gasteiger partial charge in [0.2, 0.25) is 11.8 Å². The number of carbonyl (C=O) groups excluding carboxylic acids is 2. The fourth-order valence-corrected chi connectivity index (χ4v) is 4.02. The van der Waals surface area contributed by atoms with Crippen molar-refractivity contribution >= 4 is 27.3 Å². The van der Waals surface area contributed by atoms with E-state index in [1.807, 2.05) is 0 Å². The van der Waals surface area contributed by atoms with Crippen LogP contribution in [-0.4, -0.2) is 52.3 Å². The molecule has 7 nitrogen and oxygen atoms in total. The quantitative estimate of drug-likeness (QED) is 0.796. The number of carbonyl (C=O) groups is 2. The van der Waals surface area contributed by atoms with Crippen LogP contribution in [0.3, 0.4) is 0 Å². The second kappa shape index (κ2) is 7.75. The van der Waals surface area contributed by atoms with Gasteiger partial charge in [-0.3, -0.25) is 9.59 Å². The molecule has 2 aliphatic rings. The number of amides is 2. The molecule has 1 fully saturated rings. The second-order valence-electron chi connectivity index (χ2n) is 6.80. The Morgan fingerprint density at radius 2 is 2.12 bits per heavy atom. The van der Waals surface area contributed by atoms with Gasteiger partial charge in [0.15, 0.2) is 9.84 Å². The van der Waals surface area contributed by atoms with Gasteiger partial charge in [0.1, 0.15) is 0 Å². The van der Waals surface area contributed by atoms with E-state index in [4.69, 9.17) is 4.74 Å². The van der Waals surface area contributed by atoms with Crippen molar-refractivity contribution in [1.29, 1.82) is 0 Å². The Kier molecular flexibility index (Phi) is 5.62. The Morgan fingerprint density at radius 3 is 2.81 bits per heavy atom. The molecule has 2 aliphatic heterocycles. The first-order chi connectivity index (χ1) is 12.3. The third-order valence-corrected chi connectivity index (χ3v) is 5.90. The summed E-state index contributed by atoms with van der Waals surface area (Å²) in [5.74, 6) is -0.274. The molecular weight excluding hydrogens is 356 g/mol. The average molecular weight is 380 g/mol. The van der Waals surface area contributed by atoms with Crippen molar-refractivity contribution in [3.8, 4) is 0 Å². The van der Waals surface area contributed by atoms with Gasteiger partial charge in [-0.2, -0.15) is 0 Å². The standard InChI is InChI=1S/C18H24N2O5S/c1-26(23,24)15-4-5-16-13(11-15)8-9-20(16)18(22)7-6-17(21)19-12-14-3-2-10-25-14/h4-5,11,14H,2-3,6-10,12H2,1H3,(H,19,21). The highest BCUT2D eigenvalue weighted by Crippen LogP contribution is 2.30. The van der Waals surface area contributed by atoms with E-state index >= 15 is 0 Å². The van der Waals surface area contributed by atoms with Crippen LogP contribution in [0, 0.1) is 0 Å². The molecule has 0 aliphatic carbocycles. The van der Waals surface area contributed by atoms with E-state index in [9.17, 15) is 18.0 Å². The van der Waals surface area contributed by atoms with E-state index in [1.165, 1.54) is 12.3 Å². The van der Waals surface area contributed by atoms with Crippen molar-refractivity contribution in [2.45, 2.75) is 43.1 Å². The molecule has 3 rings (SSSR count). The number of rotatable bonds is 6. The Balaban J connectivity index is 1.52. The predicted molar refractivity (Wildman–Crippen MR) is 96.8 cm³/mol. The normalized spacial score (nSPS) is 19.4. The monoisotopic (exact) mass is 380 g/mol. The van der Waals surface area contributed by atoms with Gasteiger partial charge >= 0.3 is 0 Å². The number of benzene rings is 1. The van der Waals surface area contributed by atoms with Gasteiger partial charge in [-0.05, 0) is 43.0 Å². The van der Waals surface area contributed by atoms with Gasteiger partial charge in [0.25, 0.3) is 0 Å². The lowest BCUT2D eigenvalue weighted by molar-refractivity contribution is -0.125. The van der Waals surface area contributed by atoms with E-state index in [0.29, 0.717) is 19.5 Å². The van der Waals surface area contributed by atoms with E-state index in [2.05, 4.69) is 5.32 Å². The Morgan fingerprint density at radius 1 is 1.31 bits per heavy atom. The lowest BCUT2D eigenvalue weighted by atomic mass is 10.2. The van der Waals surface area contributed by atoms with Crippen LogP contribution in [0.25, 0.3) is 0 Å². The number of hydrogen-bond acceptors (Lipinski definition) is 5. The number of fused-ring (bicyclic) bond motifs is 1. The number of anilines is 1. The molecule has 2 amide bonds. The van der Waals surface area contributed by atoms with Crippen LogP contribution in [0.4, 0.5) is 5.69 Å². The van der Waals surface area contributed by atoms with Gasteiger partial charge < -0.3 is 15.0 Å². The summed E-state index contributed by atoms with van der Waals surface area (Å²) in [4.78, 5) is 26.3. The van der Waals surface area contributed by atoms with Gasteiger partial charge in [-0.15, -0.1) is 0 Å². The fourth-order valence-electron chi connectivity index (χ4n) is 3.34. The van der Waals surface area contributed by atoms with Crippen LogP contribution in [0.5, 0.6) is 0 Å². The highest BCUT2D eigenvalue weighted by Gasteiger charge is 2.26. The average Bonchev–Trinajstić information content (AvgIpc) is 3.25. The largest absolute Gasteiger partial charge is 0.376 e. The minimum absolute atomic E-state index is 0.0872. The summed E-state index contributed by atoms with van der Waals surface area (Å²) >= 11 is 0. The topological polar surface area (TPSA) is 92.8 Å². The number of hydrogen-bond donors (Lipinski definition) is 1. The van der Waals surface area contributed by atoms with E-state index < -0.39 is 9.84 Å². The molecule has 2 heterocycles. The van der Waals surface area contributed by atoms with Crippen molar-refractivity contribution in [3.63, 3.8) is 0 Å². The first-order valence-corrected chi connectivity index (χ1v) is 10.8. The summed E-state index contributed by atoms with van der Waals surface area (Å²) in [6, 6.07) is 4.83. The second-order valence-corrected chi connectivity index (χ2v) is 8.81. The summed E-state index contributed by atoms with van der Waals surface area (Å²) < 4.78 is 28.7. The van der Waals surface area contributed by atoms with Crippen molar-refractivity contribution < 1.29 is 22.7 Å². The molecule has 0 saturated carbocycles. The Bertz CT molecular complexity index is 800. The van der Waals surface area contributed by atoms with Crippen molar-refractivity contribution in [3.05, 3.63) is 23.8 Å². The maximum Gasteiger partial charge on any atom is 0.227 e. The fraction of sp³-hybridized carbons (Fsp3) is 0.556. The molecule has 8 heteroatoms. The van der Waals surface area contributed by atoms with E-state index in [1.54, 1.807) is 17.0 Å². The van der Waals surface area contributed by atoms with Gasteiger partial charge in [0, 0.05) is 44.5 Å². The first kappa shape index (κ1) is 18.8.